The zero-order valence-corrected chi connectivity index (χ0v) is 22.9. The highest BCUT2D eigenvalue weighted by molar-refractivity contribution is 5.99. The van der Waals surface area contributed by atoms with E-state index in [-0.39, 0.29) is 29.4 Å². The van der Waals surface area contributed by atoms with E-state index >= 15 is 0 Å². The second kappa shape index (κ2) is 11.5. The van der Waals surface area contributed by atoms with Gasteiger partial charge in [-0.25, -0.2) is 9.78 Å². The Bertz CT molecular complexity index is 1580. The lowest BCUT2D eigenvalue weighted by Gasteiger charge is -2.24. The third kappa shape index (κ3) is 6.09. The quantitative estimate of drug-likeness (QED) is 0.330. The lowest BCUT2D eigenvalue weighted by molar-refractivity contribution is 0.0937. The Morgan fingerprint density at radius 2 is 1.78 bits per heavy atom. The van der Waals surface area contributed by atoms with Crippen molar-refractivity contribution in [2.24, 2.45) is 7.05 Å². The number of rotatable bonds is 6. The Hall–Kier alpha value is -4.64. The monoisotopic (exact) mass is 555 g/mol. The van der Waals surface area contributed by atoms with Crippen molar-refractivity contribution in [3.8, 4) is 22.6 Å². The summed E-state index contributed by atoms with van der Waals surface area (Å²) in [4.78, 5) is 31.8. The van der Waals surface area contributed by atoms with Gasteiger partial charge in [0.05, 0.1) is 11.8 Å². The molecular weight excluding hydrogens is 522 g/mol. The molecule has 212 valence electrons. The van der Waals surface area contributed by atoms with Crippen LogP contribution in [0.3, 0.4) is 0 Å². The molecule has 2 aliphatic heterocycles. The number of pyridine rings is 1. The van der Waals surface area contributed by atoms with Gasteiger partial charge < -0.3 is 30.7 Å². The van der Waals surface area contributed by atoms with E-state index in [0.717, 1.165) is 53.6 Å². The van der Waals surface area contributed by atoms with Gasteiger partial charge in [0, 0.05) is 49.7 Å². The molecule has 2 fully saturated rings. The van der Waals surface area contributed by atoms with Gasteiger partial charge in [0.1, 0.15) is 23.4 Å². The molecular formula is C30H33N7O4. The molecule has 41 heavy (non-hydrogen) atoms. The number of likely N-dealkylation sites (tertiary alicyclic amines) is 1. The van der Waals surface area contributed by atoms with Gasteiger partial charge in [0.25, 0.3) is 5.91 Å². The molecule has 0 bridgehead atoms. The normalized spacial score (nSPS) is 17.5. The number of fused-ring (bicyclic) bond motifs is 1. The van der Waals surface area contributed by atoms with Crippen molar-refractivity contribution in [2.45, 2.75) is 31.4 Å². The standard InChI is InChI=1S/C30H33N7O4/c1-36-17-22(16-34-36)21-14-27(28(31)33-15-21)29(38)35-23-8-11-37(18-23)30(39)41-26-5-3-19-2-4-25(12-20(19)13-26)40-24-6-9-32-10-7-24/h2-5,12-17,23-24,32H,6-11,18H2,1H3,(H2,31,33)(H,35,38)/t23-/m1/s1. The number of ether oxygens (including phenoxy) is 2. The molecule has 2 aromatic heterocycles. The van der Waals surface area contributed by atoms with E-state index in [0.29, 0.717) is 25.3 Å². The minimum atomic E-state index is -0.456. The molecule has 0 radical (unpaired) electrons. The second-order valence-corrected chi connectivity index (χ2v) is 10.6. The van der Waals surface area contributed by atoms with E-state index in [1.807, 2.05) is 43.6 Å². The summed E-state index contributed by atoms with van der Waals surface area (Å²) in [6.45, 7) is 2.73. The Kier molecular flexibility index (Phi) is 7.43. The first kappa shape index (κ1) is 26.6. The van der Waals surface area contributed by atoms with Crippen molar-refractivity contribution in [2.75, 3.05) is 31.9 Å². The Labute approximate surface area is 237 Å². The van der Waals surface area contributed by atoms with E-state index in [1.54, 1.807) is 34.1 Å². The maximum atomic E-state index is 13.1. The molecule has 0 spiro atoms. The van der Waals surface area contributed by atoms with Crippen molar-refractivity contribution in [1.29, 1.82) is 0 Å². The van der Waals surface area contributed by atoms with Crippen molar-refractivity contribution in [1.82, 2.24) is 30.3 Å². The number of aryl methyl sites for hydroxylation is 1. The average Bonchev–Trinajstić information content (AvgIpc) is 3.63. The topological polar surface area (TPSA) is 137 Å². The van der Waals surface area contributed by atoms with E-state index < -0.39 is 6.09 Å². The first-order chi connectivity index (χ1) is 19.9. The Balaban J connectivity index is 1.06. The van der Waals surface area contributed by atoms with Gasteiger partial charge in [-0.1, -0.05) is 12.1 Å². The van der Waals surface area contributed by atoms with Crippen LogP contribution < -0.4 is 25.8 Å². The molecule has 2 aliphatic rings. The lowest BCUT2D eigenvalue weighted by Crippen LogP contribution is -2.39. The highest BCUT2D eigenvalue weighted by Gasteiger charge is 2.29. The van der Waals surface area contributed by atoms with Gasteiger partial charge in [-0.05, 0) is 73.5 Å². The predicted octanol–water partition coefficient (Wildman–Crippen LogP) is 3.35. The predicted molar refractivity (Wildman–Crippen MR) is 155 cm³/mol. The van der Waals surface area contributed by atoms with Crippen LogP contribution in [0, 0.1) is 0 Å². The summed E-state index contributed by atoms with van der Waals surface area (Å²) < 4.78 is 13.6. The summed E-state index contributed by atoms with van der Waals surface area (Å²) in [5, 5.41) is 12.5. The van der Waals surface area contributed by atoms with Crippen LogP contribution in [0.2, 0.25) is 0 Å². The zero-order chi connectivity index (χ0) is 28.3. The zero-order valence-electron chi connectivity index (χ0n) is 22.9. The number of hydrogen-bond acceptors (Lipinski definition) is 8. The minimum Gasteiger partial charge on any atom is -0.490 e. The first-order valence-corrected chi connectivity index (χ1v) is 13.8. The highest BCUT2D eigenvalue weighted by atomic mass is 16.6. The summed E-state index contributed by atoms with van der Waals surface area (Å²) in [6, 6.07) is 13.0. The number of anilines is 1. The number of carbonyl (C=O) groups is 2. The summed E-state index contributed by atoms with van der Waals surface area (Å²) in [6.07, 6.45) is 7.47. The molecule has 0 aliphatic carbocycles. The van der Waals surface area contributed by atoms with E-state index in [4.69, 9.17) is 15.2 Å². The van der Waals surface area contributed by atoms with Gasteiger partial charge in [-0.15, -0.1) is 0 Å². The average molecular weight is 556 g/mol. The number of nitrogens with two attached hydrogens (primary N) is 1. The van der Waals surface area contributed by atoms with Crippen molar-refractivity contribution < 1.29 is 19.1 Å². The van der Waals surface area contributed by atoms with Gasteiger partial charge in [-0.3, -0.25) is 9.48 Å². The molecule has 1 atom stereocenters. The summed E-state index contributed by atoms with van der Waals surface area (Å²) in [5.41, 5.74) is 7.88. The summed E-state index contributed by atoms with van der Waals surface area (Å²) >= 11 is 0. The summed E-state index contributed by atoms with van der Waals surface area (Å²) in [5.74, 6) is 1.08. The maximum Gasteiger partial charge on any atom is 0.415 e. The molecule has 2 aromatic carbocycles. The third-order valence-electron chi connectivity index (χ3n) is 7.56. The molecule has 11 nitrogen and oxygen atoms in total. The first-order valence-electron chi connectivity index (χ1n) is 13.8. The van der Waals surface area contributed by atoms with Crippen molar-refractivity contribution >= 4 is 28.6 Å². The minimum absolute atomic E-state index is 0.144. The van der Waals surface area contributed by atoms with Crippen LogP contribution in [0.25, 0.3) is 21.9 Å². The van der Waals surface area contributed by atoms with E-state index in [1.165, 1.54) is 0 Å². The Morgan fingerprint density at radius 1 is 1.00 bits per heavy atom. The van der Waals surface area contributed by atoms with Crippen LogP contribution in [0.15, 0.2) is 61.1 Å². The fourth-order valence-electron chi connectivity index (χ4n) is 5.30. The largest absolute Gasteiger partial charge is 0.490 e. The Morgan fingerprint density at radius 3 is 2.56 bits per heavy atom. The molecule has 4 heterocycles. The number of nitrogens with zero attached hydrogens (tertiary/aromatic N) is 4. The number of aromatic nitrogens is 3. The fraction of sp³-hybridized carbons (Fsp3) is 0.333. The van der Waals surface area contributed by atoms with Crippen LogP contribution in [0.5, 0.6) is 11.5 Å². The molecule has 6 rings (SSSR count). The number of carbonyl (C=O) groups excluding carboxylic acids is 2. The maximum absolute atomic E-state index is 13.1. The van der Waals surface area contributed by atoms with E-state index in [9.17, 15) is 9.59 Å². The molecule has 0 saturated carbocycles. The smallest absolute Gasteiger partial charge is 0.415 e. The van der Waals surface area contributed by atoms with Gasteiger partial charge >= 0.3 is 6.09 Å². The molecule has 4 N–H and O–H groups in total. The molecule has 0 unspecified atom stereocenters. The van der Waals surface area contributed by atoms with Crippen LogP contribution in [-0.2, 0) is 7.05 Å². The third-order valence-corrected chi connectivity index (χ3v) is 7.56. The van der Waals surface area contributed by atoms with Gasteiger partial charge in [-0.2, -0.15) is 5.10 Å². The molecule has 2 amide bonds. The number of piperidine rings is 1. The van der Waals surface area contributed by atoms with Gasteiger partial charge in [0.15, 0.2) is 0 Å². The molecule has 11 heteroatoms. The number of hydrogen-bond donors (Lipinski definition) is 3. The number of nitrogens with one attached hydrogen (secondary N) is 2. The van der Waals surface area contributed by atoms with Crippen LogP contribution in [0.1, 0.15) is 29.6 Å². The van der Waals surface area contributed by atoms with Gasteiger partial charge in [0.2, 0.25) is 0 Å². The van der Waals surface area contributed by atoms with Crippen molar-refractivity contribution in [3.05, 3.63) is 66.6 Å². The lowest BCUT2D eigenvalue weighted by atomic mass is 10.1. The summed E-state index contributed by atoms with van der Waals surface area (Å²) in [7, 11) is 1.82. The highest BCUT2D eigenvalue weighted by Crippen LogP contribution is 2.27. The van der Waals surface area contributed by atoms with Crippen molar-refractivity contribution in [3.63, 3.8) is 0 Å². The van der Waals surface area contributed by atoms with Crippen LogP contribution >= 0.6 is 0 Å². The molecule has 4 aromatic rings. The second-order valence-electron chi connectivity index (χ2n) is 10.6. The number of amides is 2. The number of nitrogen functional groups attached to an aromatic ring is 1. The van der Waals surface area contributed by atoms with Crippen LogP contribution in [-0.4, -0.2) is 70.0 Å². The molecule has 2 saturated heterocycles. The fourth-order valence-corrected chi connectivity index (χ4v) is 5.30. The number of benzene rings is 2. The van der Waals surface area contributed by atoms with Crippen LogP contribution in [0.4, 0.5) is 10.6 Å². The van der Waals surface area contributed by atoms with E-state index in [2.05, 4.69) is 20.7 Å². The SMILES string of the molecule is Cn1cc(-c2cnc(N)c(C(=O)N[C@@H]3CCN(C(=O)Oc4ccc5ccc(OC6CCNCC6)cc5c4)C3)c2)cn1.